The molecule has 2 N–H and O–H groups in total. The number of nitro benzene ring substituents is 1. The van der Waals surface area contributed by atoms with Crippen molar-refractivity contribution in [1.82, 2.24) is 15.8 Å². The van der Waals surface area contributed by atoms with Crippen LogP contribution in [0.1, 0.15) is 26.3 Å². The van der Waals surface area contributed by atoms with Crippen molar-refractivity contribution in [1.29, 1.82) is 0 Å². The Morgan fingerprint density at radius 2 is 1.78 bits per heavy atom. The van der Waals surface area contributed by atoms with Crippen LogP contribution in [0.3, 0.4) is 0 Å². The Labute approximate surface area is 153 Å². The van der Waals surface area contributed by atoms with Gasteiger partial charge in [-0.3, -0.25) is 40.2 Å². The van der Waals surface area contributed by atoms with E-state index >= 15 is 0 Å². The second-order valence-corrected chi connectivity index (χ2v) is 5.69. The van der Waals surface area contributed by atoms with Gasteiger partial charge in [-0.05, 0) is 12.1 Å². The lowest BCUT2D eigenvalue weighted by atomic mass is 10.1. The minimum Gasteiger partial charge on any atom is -0.299 e. The fourth-order valence-electron chi connectivity index (χ4n) is 2.64. The lowest BCUT2D eigenvalue weighted by Gasteiger charge is -2.17. The van der Waals surface area contributed by atoms with E-state index in [-0.39, 0.29) is 23.7 Å². The third-order valence-corrected chi connectivity index (χ3v) is 3.98. The van der Waals surface area contributed by atoms with Gasteiger partial charge in [-0.2, -0.15) is 0 Å². The Balaban J connectivity index is 1.60. The monoisotopic (exact) mass is 366 g/mol. The normalized spacial score (nSPS) is 12.5. The first kappa shape index (κ1) is 17.8. The average Bonchev–Trinajstić information content (AvgIpc) is 2.91. The molecule has 0 spiro atoms. The number of fused-ring (bicyclic) bond motifs is 1. The third kappa shape index (κ3) is 3.52. The minimum atomic E-state index is -0.720. The van der Waals surface area contributed by atoms with Gasteiger partial charge in [0.15, 0.2) is 0 Å². The van der Waals surface area contributed by atoms with Gasteiger partial charge in [0.1, 0.15) is 6.54 Å². The van der Waals surface area contributed by atoms with Gasteiger partial charge < -0.3 is 0 Å². The van der Waals surface area contributed by atoms with Crippen LogP contribution in [-0.4, -0.2) is 34.1 Å². The van der Waals surface area contributed by atoms with Gasteiger partial charge in [0.05, 0.1) is 4.92 Å². The number of amides is 3. The van der Waals surface area contributed by atoms with Crippen LogP contribution in [0.4, 0.5) is 5.69 Å². The van der Waals surface area contributed by atoms with Gasteiger partial charge in [0, 0.05) is 34.5 Å². The van der Waals surface area contributed by atoms with E-state index in [1.165, 1.54) is 23.1 Å². The number of non-ortho nitro benzene ring substituents is 1. The summed E-state index contributed by atoms with van der Waals surface area (Å²) in [5.74, 6) is -1.71. The molecule has 2 aromatic rings. The summed E-state index contributed by atoms with van der Waals surface area (Å²) >= 11 is 0. The molecule has 1 aliphatic heterocycles. The summed E-state index contributed by atoms with van der Waals surface area (Å²) in [7, 11) is 0. The first-order valence-electron chi connectivity index (χ1n) is 7.82. The van der Waals surface area contributed by atoms with Crippen molar-refractivity contribution in [3.05, 3.63) is 81.9 Å². The summed E-state index contributed by atoms with van der Waals surface area (Å²) < 4.78 is 0. The van der Waals surface area contributed by atoms with E-state index in [9.17, 15) is 24.5 Å². The molecule has 3 amide bonds. The van der Waals surface area contributed by atoms with Gasteiger partial charge >= 0.3 is 0 Å². The Bertz CT molecular complexity index is 950. The summed E-state index contributed by atoms with van der Waals surface area (Å²) in [6.45, 7) is 3.49. The molecule has 9 heteroatoms. The molecule has 0 fully saturated rings. The van der Waals surface area contributed by atoms with Crippen molar-refractivity contribution < 1.29 is 19.3 Å². The molecule has 136 valence electrons. The average molecular weight is 366 g/mol. The first-order chi connectivity index (χ1) is 12.9. The van der Waals surface area contributed by atoms with Crippen molar-refractivity contribution >= 4 is 29.1 Å². The Morgan fingerprint density at radius 1 is 1.07 bits per heavy atom. The number of carbonyl (C=O) groups is 3. The Hall–Kier alpha value is -4.01. The molecule has 0 atom stereocenters. The topological polar surface area (TPSA) is 122 Å². The van der Waals surface area contributed by atoms with Crippen LogP contribution >= 0.6 is 0 Å². The zero-order valence-electron chi connectivity index (χ0n) is 14.0. The number of benzene rings is 2. The molecule has 0 aromatic heterocycles. The van der Waals surface area contributed by atoms with Gasteiger partial charge in [0.25, 0.3) is 23.4 Å². The lowest BCUT2D eigenvalue weighted by molar-refractivity contribution is -0.384. The SMILES string of the molecule is C=C1c2ccccc2C(=O)N1CC(=O)NNC(=O)c1cccc([N+](=O)[O-])c1. The minimum absolute atomic E-state index is 0.0126. The molecule has 27 heavy (non-hydrogen) atoms. The van der Waals surface area contributed by atoms with Crippen LogP contribution in [0.5, 0.6) is 0 Å². The van der Waals surface area contributed by atoms with Gasteiger partial charge in [0.2, 0.25) is 0 Å². The van der Waals surface area contributed by atoms with Gasteiger partial charge in [-0.25, -0.2) is 0 Å². The second kappa shape index (κ2) is 7.08. The van der Waals surface area contributed by atoms with Crippen molar-refractivity contribution in [2.24, 2.45) is 0 Å². The quantitative estimate of drug-likeness (QED) is 0.627. The standard InChI is InChI=1S/C18H14N4O5/c1-11-14-7-2-3-8-15(14)18(25)21(11)10-16(23)19-20-17(24)12-5-4-6-13(9-12)22(26)27/h2-9H,1,10H2,(H,19,23)(H,20,24). The highest BCUT2D eigenvalue weighted by atomic mass is 16.6. The predicted molar refractivity (Wildman–Crippen MR) is 95.2 cm³/mol. The number of nitrogens with zero attached hydrogens (tertiary/aromatic N) is 2. The maximum absolute atomic E-state index is 12.3. The van der Waals surface area contributed by atoms with Crippen LogP contribution in [0.25, 0.3) is 5.70 Å². The largest absolute Gasteiger partial charge is 0.299 e. The Morgan fingerprint density at radius 3 is 2.44 bits per heavy atom. The molecule has 0 bridgehead atoms. The van der Waals surface area contributed by atoms with Crippen LogP contribution in [0, 0.1) is 10.1 Å². The number of nitrogens with one attached hydrogen (secondary N) is 2. The molecule has 0 aliphatic carbocycles. The van der Waals surface area contributed by atoms with E-state index in [2.05, 4.69) is 17.4 Å². The molecule has 3 rings (SSSR count). The maximum Gasteiger partial charge on any atom is 0.270 e. The number of hydrogen-bond acceptors (Lipinski definition) is 5. The highest BCUT2D eigenvalue weighted by Crippen LogP contribution is 2.30. The van der Waals surface area contributed by atoms with Crippen LogP contribution < -0.4 is 10.9 Å². The molecule has 9 nitrogen and oxygen atoms in total. The highest BCUT2D eigenvalue weighted by molar-refractivity contribution is 6.10. The van der Waals surface area contributed by atoms with Gasteiger partial charge in [-0.15, -0.1) is 0 Å². The first-order valence-corrected chi connectivity index (χ1v) is 7.82. The summed E-state index contributed by atoms with van der Waals surface area (Å²) in [5.41, 5.74) is 5.61. The van der Waals surface area contributed by atoms with E-state index in [1.54, 1.807) is 24.3 Å². The molecule has 2 aromatic carbocycles. The van der Waals surface area contributed by atoms with Crippen molar-refractivity contribution in [3.8, 4) is 0 Å². The lowest BCUT2D eigenvalue weighted by Crippen LogP contribution is -2.46. The van der Waals surface area contributed by atoms with E-state index in [0.29, 0.717) is 16.8 Å². The molecule has 1 heterocycles. The molecule has 1 aliphatic rings. The zero-order chi connectivity index (χ0) is 19.6. The van der Waals surface area contributed by atoms with Crippen molar-refractivity contribution in [2.75, 3.05) is 6.54 Å². The van der Waals surface area contributed by atoms with Crippen LogP contribution in [0.15, 0.2) is 55.1 Å². The fourth-order valence-corrected chi connectivity index (χ4v) is 2.64. The Kier molecular flexibility index (Phi) is 4.67. The number of hydrazine groups is 1. The van der Waals surface area contributed by atoms with E-state index < -0.39 is 16.7 Å². The third-order valence-electron chi connectivity index (χ3n) is 3.98. The number of carbonyl (C=O) groups excluding carboxylic acids is 3. The van der Waals surface area contributed by atoms with E-state index in [4.69, 9.17) is 0 Å². The number of nitro groups is 1. The molecule has 0 saturated carbocycles. The summed E-state index contributed by atoms with van der Waals surface area (Å²) in [5, 5.41) is 10.7. The van der Waals surface area contributed by atoms with Crippen molar-refractivity contribution in [3.63, 3.8) is 0 Å². The molecule has 0 unspecified atom stereocenters. The summed E-state index contributed by atoms with van der Waals surface area (Å²) in [4.78, 5) is 47.8. The highest BCUT2D eigenvalue weighted by Gasteiger charge is 2.31. The predicted octanol–water partition coefficient (Wildman–Crippen LogP) is 1.48. The summed E-state index contributed by atoms with van der Waals surface area (Å²) in [6.07, 6.45) is 0. The molecular formula is C18H14N4O5. The fraction of sp³-hybridized carbons (Fsp3) is 0.0556. The maximum atomic E-state index is 12.3. The second-order valence-electron chi connectivity index (χ2n) is 5.69. The number of rotatable bonds is 4. The number of hydrogen-bond donors (Lipinski definition) is 2. The molecule has 0 radical (unpaired) electrons. The van der Waals surface area contributed by atoms with Crippen LogP contribution in [0.2, 0.25) is 0 Å². The molecule has 0 saturated heterocycles. The zero-order valence-corrected chi connectivity index (χ0v) is 14.0. The molecular weight excluding hydrogens is 352 g/mol. The summed E-state index contributed by atoms with van der Waals surface area (Å²) in [6, 6.07) is 11.9. The van der Waals surface area contributed by atoms with Crippen LogP contribution in [-0.2, 0) is 4.79 Å². The van der Waals surface area contributed by atoms with E-state index in [0.717, 1.165) is 6.07 Å². The van der Waals surface area contributed by atoms with E-state index in [1.807, 2.05) is 0 Å². The van der Waals surface area contributed by atoms with Gasteiger partial charge in [-0.1, -0.05) is 30.8 Å². The smallest absolute Gasteiger partial charge is 0.270 e. The van der Waals surface area contributed by atoms with Crippen molar-refractivity contribution in [2.45, 2.75) is 0 Å².